The third kappa shape index (κ3) is 1.15. The van der Waals surface area contributed by atoms with Crippen molar-refractivity contribution in [1.29, 1.82) is 0 Å². The van der Waals surface area contributed by atoms with Gasteiger partial charge in [0.25, 0.3) is 0 Å². The zero-order chi connectivity index (χ0) is 8.55. The van der Waals surface area contributed by atoms with Crippen LogP contribution in [-0.4, -0.2) is 4.98 Å². The number of halogens is 2. The van der Waals surface area contributed by atoms with Crippen molar-refractivity contribution in [2.45, 2.75) is 0 Å². The molecule has 2 aromatic rings. The lowest BCUT2D eigenvalue weighted by Crippen LogP contribution is -1.79. The summed E-state index contributed by atoms with van der Waals surface area (Å²) in [5.41, 5.74) is 0.756. The fourth-order valence-corrected chi connectivity index (χ4v) is 1.53. The van der Waals surface area contributed by atoms with Crippen molar-refractivity contribution in [2.24, 2.45) is 0 Å². The van der Waals surface area contributed by atoms with E-state index in [1.54, 1.807) is 18.3 Å². The third-order valence-corrected chi connectivity index (χ3v) is 2.30. The summed E-state index contributed by atoms with van der Waals surface area (Å²) < 4.78 is 0. The second-order valence-electron chi connectivity index (χ2n) is 2.43. The summed E-state index contributed by atoms with van der Waals surface area (Å²) in [5, 5.41) is 2.21. The molecule has 0 atom stereocenters. The second kappa shape index (κ2) is 2.92. The fourth-order valence-electron chi connectivity index (χ4n) is 1.10. The molecular weight excluding hydrogens is 193 g/mol. The first-order chi connectivity index (χ1) is 5.79. The summed E-state index contributed by atoms with van der Waals surface area (Å²) >= 11 is 11.8. The van der Waals surface area contributed by atoms with E-state index in [1.807, 2.05) is 12.1 Å². The van der Waals surface area contributed by atoms with Crippen LogP contribution in [0.25, 0.3) is 10.9 Å². The van der Waals surface area contributed by atoms with Crippen LogP contribution in [-0.2, 0) is 0 Å². The van der Waals surface area contributed by atoms with Crippen LogP contribution in [0.5, 0.6) is 0 Å². The molecule has 60 valence electrons. The second-order valence-corrected chi connectivity index (χ2v) is 3.24. The molecular formula is C9H5Cl2N. The Morgan fingerprint density at radius 2 is 1.75 bits per heavy atom. The number of fused-ring (bicyclic) bond motifs is 1. The summed E-state index contributed by atoms with van der Waals surface area (Å²) in [6, 6.07) is 7.26. The summed E-state index contributed by atoms with van der Waals surface area (Å²) in [6.07, 6.45) is 1.70. The Labute approximate surface area is 79.9 Å². The van der Waals surface area contributed by atoms with Gasteiger partial charge in [-0.15, -0.1) is 0 Å². The van der Waals surface area contributed by atoms with Crippen molar-refractivity contribution >= 4 is 34.1 Å². The van der Waals surface area contributed by atoms with Crippen LogP contribution in [0.3, 0.4) is 0 Å². The van der Waals surface area contributed by atoms with Crippen molar-refractivity contribution in [1.82, 2.24) is 4.98 Å². The van der Waals surface area contributed by atoms with Gasteiger partial charge in [0.2, 0.25) is 0 Å². The van der Waals surface area contributed by atoms with Gasteiger partial charge in [0.1, 0.15) is 0 Å². The first kappa shape index (κ1) is 7.84. The zero-order valence-corrected chi connectivity index (χ0v) is 7.60. The highest BCUT2D eigenvalue weighted by atomic mass is 35.5. The van der Waals surface area contributed by atoms with Crippen LogP contribution in [0.1, 0.15) is 0 Å². The molecule has 2 rings (SSSR count). The number of pyridine rings is 1. The number of benzene rings is 1. The monoisotopic (exact) mass is 197 g/mol. The number of hydrogen-bond acceptors (Lipinski definition) is 1. The van der Waals surface area contributed by atoms with E-state index >= 15 is 0 Å². The van der Waals surface area contributed by atoms with E-state index in [0.29, 0.717) is 10.0 Å². The summed E-state index contributed by atoms with van der Waals surface area (Å²) in [5.74, 6) is 0. The van der Waals surface area contributed by atoms with Gasteiger partial charge >= 0.3 is 0 Å². The van der Waals surface area contributed by atoms with E-state index in [4.69, 9.17) is 23.2 Å². The molecule has 0 N–H and O–H groups in total. The predicted octanol–water partition coefficient (Wildman–Crippen LogP) is 3.54. The molecule has 1 aromatic heterocycles. The third-order valence-electron chi connectivity index (χ3n) is 1.67. The molecule has 12 heavy (non-hydrogen) atoms. The standard InChI is InChI=1S/C9H5Cl2N/c10-7-3-4-8(11)9-6(7)2-1-5-12-9/h1-5H. The van der Waals surface area contributed by atoms with Crippen molar-refractivity contribution in [3.63, 3.8) is 0 Å². The Morgan fingerprint density at radius 3 is 2.50 bits per heavy atom. The lowest BCUT2D eigenvalue weighted by Gasteiger charge is -1.99. The minimum Gasteiger partial charge on any atom is -0.255 e. The Bertz CT molecular complexity index is 385. The molecule has 0 amide bonds. The van der Waals surface area contributed by atoms with Crippen molar-refractivity contribution in [2.75, 3.05) is 0 Å². The molecule has 0 bridgehead atoms. The molecule has 0 radical (unpaired) electrons. The van der Waals surface area contributed by atoms with Gasteiger partial charge in [-0.3, -0.25) is 4.98 Å². The normalized spacial score (nSPS) is 10.5. The first-order valence-electron chi connectivity index (χ1n) is 3.48. The van der Waals surface area contributed by atoms with Gasteiger partial charge in [-0.05, 0) is 24.3 Å². The van der Waals surface area contributed by atoms with Gasteiger partial charge in [-0.1, -0.05) is 23.2 Å². The van der Waals surface area contributed by atoms with E-state index < -0.39 is 0 Å². The molecule has 1 nitrogen and oxygen atoms in total. The van der Waals surface area contributed by atoms with E-state index in [9.17, 15) is 0 Å². The van der Waals surface area contributed by atoms with Crippen molar-refractivity contribution in [3.05, 3.63) is 40.5 Å². The van der Waals surface area contributed by atoms with Gasteiger partial charge in [0, 0.05) is 11.6 Å². The fraction of sp³-hybridized carbons (Fsp3) is 0. The zero-order valence-electron chi connectivity index (χ0n) is 6.09. The SMILES string of the molecule is Clc1ccc(Cl)c2ncccc12. The molecule has 0 fully saturated rings. The maximum atomic E-state index is 5.93. The maximum absolute atomic E-state index is 5.93. The number of nitrogens with zero attached hydrogens (tertiary/aromatic N) is 1. The number of rotatable bonds is 0. The lowest BCUT2D eigenvalue weighted by atomic mass is 10.2. The van der Waals surface area contributed by atoms with Crippen LogP contribution < -0.4 is 0 Å². The van der Waals surface area contributed by atoms with Crippen molar-refractivity contribution < 1.29 is 0 Å². The Kier molecular flexibility index (Phi) is 1.91. The summed E-state index contributed by atoms with van der Waals surface area (Å²) in [7, 11) is 0. The van der Waals surface area contributed by atoms with Gasteiger partial charge in [-0.2, -0.15) is 0 Å². The molecule has 1 heterocycles. The Balaban J connectivity index is 2.95. The van der Waals surface area contributed by atoms with Crippen LogP contribution in [0, 0.1) is 0 Å². The van der Waals surface area contributed by atoms with Gasteiger partial charge in [0.05, 0.1) is 15.6 Å². The van der Waals surface area contributed by atoms with Gasteiger partial charge < -0.3 is 0 Å². The highest BCUT2D eigenvalue weighted by Crippen LogP contribution is 2.27. The topological polar surface area (TPSA) is 12.9 Å². The molecule has 0 spiro atoms. The number of aromatic nitrogens is 1. The lowest BCUT2D eigenvalue weighted by molar-refractivity contribution is 1.41. The van der Waals surface area contributed by atoms with E-state index in [-0.39, 0.29) is 0 Å². The smallest absolute Gasteiger partial charge is 0.0903 e. The first-order valence-corrected chi connectivity index (χ1v) is 4.23. The Hall–Kier alpha value is -0.790. The maximum Gasteiger partial charge on any atom is 0.0903 e. The largest absolute Gasteiger partial charge is 0.255 e. The van der Waals surface area contributed by atoms with E-state index in [1.165, 1.54) is 0 Å². The van der Waals surface area contributed by atoms with Gasteiger partial charge in [0.15, 0.2) is 0 Å². The number of hydrogen-bond donors (Lipinski definition) is 0. The Morgan fingerprint density at radius 1 is 1.00 bits per heavy atom. The quantitative estimate of drug-likeness (QED) is 0.630. The highest BCUT2D eigenvalue weighted by molar-refractivity contribution is 6.39. The average molecular weight is 198 g/mol. The summed E-state index contributed by atoms with van der Waals surface area (Å²) in [4.78, 5) is 4.13. The molecule has 0 aliphatic heterocycles. The van der Waals surface area contributed by atoms with Crippen LogP contribution in [0.2, 0.25) is 10.0 Å². The molecule has 0 aliphatic rings. The molecule has 0 saturated carbocycles. The van der Waals surface area contributed by atoms with Crippen LogP contribution in [0.4, 0.5) is 0 Å². The average Bonchev–Trinajstić information content (AvgIpc) is 2.12. The van der Waals surface area contributed by atoms with E-state index in [2.05, 4.69) is 4.98 Å². The predicted molar refractivity (Wildman–Crippen MR) is 51.8 cm³/mol. The van der Waals surface area contributed by atoms with Crippen molar-refractivity contribution in [3.8, 4) is 0 Å². The van der Waals surface area contributed by atoms with E-state index in [0.717, 1.165) is 10.9 Å². The summed E-state index contributed by atoms with van der Waals surface area (Å²) in [6.45, 7) is 0. The minimum atomic E-state index is 0.634. The molecule has 0 saturated heterocycles. The van der Waals surface area contributed by atoms with Gasteiger partial charge in [-0.25, -0.2) is 0 Å². The highest BCUT2D eigenvalue weighted by Gasteiger charge is 2.01. The minimum absolute atomic E-state index is 0.634. The molecule has 0 aliphatic carbocycles. The van der Waals surface area contributed by atoms with Crippen LogP contribution in [0.15, 0.2) is 30.5 Å². The molecule has 1 aromatic carbocycles. The molecule has 0 unspecified atom stereocenters. The molecule has 3 heteroatoms. The van der Waals surface area contributed by atoms with Crippen LogP contribution >= 0.6 is 23.2 Å².